The van der Waals surface area contributed by atoms with E-state index >= 15 is 0 Å². The highest BCUT2D eigenvalue weighted by Crippen LogP contribution is 2.05. The monoisotopic (exact) mass is 222 g/mol. The van der Waals surface area contributed by atoms with Crippen molar-refractivity contribution >= 4 is 16.9 Å². The summed E-state index contributed by atoms with van der Waals surface area (Å²) in [7, 11) is 0. The minimum atomic E-state index is -0.741. The Hall–Kier alpha value is -2.31. The zero-order valence-electron chi connectivity index (χ0n) is 8.53. The highest BCUT2D eigenvalue weighted by molar-refractivity contribution is 5.76. The molecule has 1 amide bonds. The van der Waals surface area contributed by atoms with Crippen LogP contribution in [-0.4, -0.2) is 20.4 Å². The van der Waals surface area contributed by atoms with E-state index in [4.69, 9.17) is 5.73 Å². The maximum atomic E-state index is 11.8. The molecule has 0 saturated carbocycles. The van der Waals surface area contributed by atoms with Crippen LogP contribution in [0, 0.1) is 6.92 Å². The molecule has 0 aliphatic carbocycles. The van der Waals surface area contributed by atoms with Crippen molar-refractivity contribution in [1.29, 1.82) is 0 Å². The Kier molecular flexibility index (Phi) is 2.15. The summed E-state index contributed by atoms with van der Waals surface area (Å²) in [4.78, 5) is 39.3. The van der Waals surface area contributed by atoms with Crippen LogP contribution in [0.25, 0.3) is 11.0 Å². The van der Waals surface area contributed by atoms with Crippen molar-refractivity contribution < 1.29 is 4.79 Å². The minimum absolute atomic E-state index is 0.262. The van der Waals surface area contributed by atoms with Crippen LogP contribution in [0.2, 0.25) is 0 Å². The lowest BCUT2D eigenvalue weighted by molar-refractivity contribution is -0.118. The number of fused-ring (bicyclic) bond motifs is 1. The van der Waals surface area contributed by atoms with Crippen LogP contribution in [0.1, 0.15) is 5.69 Å². The number of H-pyrrole nitrogens is 2. The number of nitrogens with one attached hydrogen (secondary N) is 2. The van der Waals surface area contributed by atoms with Gasteiger partial charge in [-0.2, -0.15) is 0 Å². The third kappa shape index (κ3) is 1.52. The molecule has 0 spiro atoms. The molecule has 4 N–H and O–H groups in total. The summed E-state index contributed by atoms with van der Waals surface area (Å²) in [5, 5.41) is 0. The fourth-order valence-electron chi connectivity index (χ4n) is 1.57. The lowest BCUT2D eigenvalue weighted by Crippen LogP contribution is -2.38. The number of amides is 1. The van der Waals surface area contributed by atoms with E-state index in [0.29, 0.717) is 5.52 Å². The number of primary amides is 1. The van der Waals surface area contributed by atoms with Gasteiger partial charge in [0.25, 0.3) is 5.56 Å². The van der Waals surface area contributed by atoms with Crippen molar-refractivity contribution in [2.75, 3.05) is 0 Å². The summed E-state index contributed by atoms with van der Waals surface area (Å²) in [6.45, 7) is 1.33. The third-order valence-electron chi connectivity index (χ3n) is 2.21. The molecule has 2 aromatic rings. The Balaban J connectivity index is 2.80. The summed E-state index contributed by atoms with van der Waals surface area (Å²) in [6, 6.07) is 1.65. The van der Waals surface area contributed by atoms with E-state index in [-0.39, 0.29) is 5.52 Å². The zero-order chi connectivity index (χ0) is 11.9. The number of aromatic nitrogens is 3. The van der Waals surface area contributed by atoms with E-state index < -0.39 is 23.7 Å². The summed E-state index contributed by atoms with van der Waals surface area (Å²) >= 11 is 0. The predicted octanol–water partition coefficient (Wildman–Crippen LogP) is -1.19. The first-order chi connectivity index (χ1) is 7.49. The van der Waals surface area contributed by atoms with Crippen molar-refractivity contribution in [1.82, 2.24) is 14.5 Å². The van der Waals surface area contributed by atoms with Crippen LogP contribution >= 0.6 is 0 Å². The Morgan fingerprint density at radius 3 is 2.75 bits per heavy atom. The number of nitrogens with zero attached hydrogens (tertiary/aromatic N) is 1. The molecule has 2 heterocycles. The van der Waals surface area contributed by atoms with Gasteiger partial charge in [-0.15, -0.1) is 0 Å². The zero-order valence-corrected chi connectivity index (χ0v) is 8.53. The molecule has 0 atom stereocenters. The fourth-order valence-corrected chi connectivity index (χ4v) is 1.57. The summed E-state index contributed by atoms with van der Waals surface area (Å²) in [5.41, 5.74) is 5.19. The Morgan fingerprint density at radius 1 is 1.44 bits per heavy atom. The number of nitrogens with two attached hydrogens (primary N) is 1. The molecule has 2 rings (SSSR count). The Bertz CT molecular complexity index is 676. The highest BCUT2D eigenvalue weighted by atomic mass is 16.2. The summed E-state index contributed by atoms with van der Waals surface area (Å²) in [6.07, 6.45) is 0. The van der Waals surface area contributed by atoms with E-state index in [1.54, 1.807) is 13.0 Å². The van der Waals surface area contributed by atoms with E-state index in [1.165, 1.54) is 0 Å². The van der Waals surface area contributed by atoms with Gasteiger partial charge >= 0.3 is 5.69 Å². The van der Waals surface area contributed by atoms with Crippen molar-refractivity contribution in [3.05, 3.63) is 32.6 Å². The first-order valence-corrected chi connectivity index (χ1v) is 4.60. The van der Waals surface area contributed by atoms with Gasteiger partial charge in [-0.25, -0.2) is 9.36 Å². The van der Waals surface area contributed by atoms with E-state index in [0.717, 1.165) is 10.3 Å². The van der Waals surface area contributed by atoms with Gasteiger partial charge in [-0.1, -0.05) is 0 Å². The number of carbonyl (C=O) groups excluding carboxylic acids is 1. The quantitative estimate of drug-likeness (QED) is 0.593. The molecule has 0 saturated heterocycles. The molecule has 0 fully saturated rings. The van der Waals surface area contributed by atoms with Gasteiger partial charge in [0.2, 0.25) is 5.91 Å². The molecular formula is C9H10N4O3. The third-order valence-corrected chi connectivity index (χ3v) is 2.21. The SMILES string of the molecule is Cc1cc2[nH]c(=O)n(CC(N)=O)c(=O)c2[nH]1. The van der Waals surface area contributed by atoms with Crippen LogP contribution in [0.5, 0.6) is 0 Å². The number of hydrogen-bond acceptors (Lipinski definition) is 3. The molecule has 0 aliphatic rings. The van der Waals surface area contributed by atoms with Crippen LogP contribution in [0.4, 0.5) is 0 Å². The van der Waals surface area contributed by atoms with Gasteiger partial charge in [0, 0.05) is 5.69 Å². The average molecular weight is 222 g/mol. The lowest BCUT2D eigenvalue weighted by atomic mass is 10.4. The Labute approximate surface area is 88.9 Å². The van der Waals surface area contributed by atoms with Gasteiger partial charge in [0.15, 0.2) is 0 Å². The number of rotatable bonds is 2. The molecule has 84 valence electrons. The van der Waals surface area contributed by atoms with Crippen LogP contribution < -0.4 is 17.0 Å². The van der Waals surface area contributed by atoms with E-state index in [1.807, 2.05) is 0 Å². The van der Waals surface area contributed by atoms with Gasteiger partial charge in [-0.3, -0.25) is 9.59 Å². The molecule has 2 aromatic heterocycles. The number of hydrogen-bond donors (Lipinski definition) is 3. The van der Waals surface area contributed by atoms with Gasteiger partial charge < -0.3 is 15.7 Å². The molecule has 0 bridgehead atoms. The van der Waals surface area contributed by atoms with Crippen LogP contribution in [0.15, 0.2) is 15.7 Å². The topological polar surface area (TPSA) is 114 Å². The number of carbonyl (C=O) groups is 1. The van der Waals surface area contributed by atoms with Crippen LogP contribution in [-0.2, 0) is 11.3 Å². The normalized spacial score (nSPS) is 10.8. The Morgan fingerprint density at radius 2 is 2.12 bits per heavy atom. The lowest BCUT2D eigenvalue weighted by Gasteiger charge is -2.00. The van der Waals surface area contributed by atoms with Gasteiger partial charge in [0.05, 0.1) is 5.52 Å². The molecular weight excluding hydrogens is 212 g/mol. The van der Waals surface area contributed by atoms with E-state index in [9.17, 15) is 14.4 Å². The number of aromatic amines is 2. The second-order valence-electron chi connectivity index (χ2n) is 3.53. The number of aryl methyl sites for hydroxylation is 1. The van der Waals surface area contributed by atoms with Crippen LogP contribution in [0.3, 0.4) is 0 Å². The molecule has 7 heteroatoms. The first kappa shape index (κ1) is 10.2. The summed E-state index contributed by atoms with van der Waals surface area (Å²) in [5.74, 6) is -0.741. The average Bonchev–Trinajstić information content (AvgIpc) is 2.53. The largest absolute Gasteiger partial charge is 0.368 e. The molecule has 7 nitrogen and oxygen atoms in total. The maximum Gasteiger partial charge on any atom is 0.329 e. The molecule has 0 aliphatic heterocycles. The highest BCUT2D eigenvalue weighted by Gasteiger charge is 2.10. The van der Waals surface area contributed by atoms with Crippen molar-refractivity contribution in [3.63, 3.8) is 0 Å². The van der Waals surface area contributed by atoms with Crippen molar-refractivity contribution in [2.24, 2.45) is 5.73 Å². The first-order valence-electron chi connectivity index (χ1n) is 4.60. The van der Waals surface area contributed by atoms with E-state index in [2.05, 4.69) is 9.97 Å². The smallest absolute Gasteiger partial charge is 0.329 e. The second kappa shape index (κ2) is 3.37. The predicted molar refractivity (Wildman–Crippen MR) is 57.1 cm³/mol. The summed E-state index contributed by atoms with van der Waals surface area (Å²) < 4.78 is 0.764. The van der Waals surface area contributed by atoms with Crippen molar-refractivity contribution in [2.45, 2.75) is 13.5 Å². The molecule has 0 radical (unpaired) electrons. The molecule has 0 unspecified atom stereocenters. The maximum absolute atomic E-state index is 11.8. The molecule has 16 heavy (non-hydrogen) atoms. The minimum Gasteiger partial charge on any atom is -0.368 e. The second-order valence-corrected chi connectivity index (χ2v) is 3.53. The van der Waals surface area contributed by atoms with Gasteiger partial charge in [-0.05, 0) is 13.0 Å². The fraction of sp³-hybridized carbons (Fsp3) is 0.222. The molecule has 0 aromatic carbocycles. The standard InChI is InChI=1S/C9H10N4O3/c1-4-2-5-7(11-4)8(15)13(3-6(10)14)9(16)12-5/h2,11H,3H2,1H3,(H2,10,14)(H,12,16). The van der Waals surface area contributed by atoms with Gasteiger partial charge in [0.1, 0.15) is 12.1 Å². The van der Waals surface area contributed by atoms with Crippen molar-refractivity contribution in [3.8, 4) is 0 Å².